The number of fused-ring (bicyclic) bond motifs is 3. The summed E-state index contributed by atoms with van der Waals surface area (Å²) in [7, 11) is -3.41. The number of halogens is 1. The number of H-pyrrole nitrogens is 1. The number of nitrogens with zero attached hydrogens (tertiary/aromatic N) is 1. The Hall–Kier alpha value is -2.80. The van der Waals surface area contributed by atoms with Gasteiger partial charge in [0.05, 0.1) is 12.3 Å². The molecule has 4 aromatic rings. The molecule has 32 heavy (non-hydrogen) atoms. The van der Waals surface area contributed by atoms with Crippen molar-refractivity contribution in [3.63, 3.8) is 0 Å². The summed E-state index contributed by atoms with van der Waals surface area (Å²) in [5.41, 5.74) is 4.96. The standard InChI is InChI=1S/C25H23ClN2O3S/c1-32(29,30)28-14-13-21-22-15-19(26)9-12-23(22)27-24(21)25(28)18-7-10-20(11-8-18)31-16-17-5-3-2-4-6-17/h2-12,15,25,27H,13-14,16H2,1H3. The molecule has 3 aromatic carbocycles. The molecule has 1 aromatic heterocycles. The van der Waals surface area contributed by atoms with Crippen molar-refractivity contribution in [2.75, 3.05) is 12.8 Å². The molecule has 7 heteroatoms. The molecule has 0 spiro atoms. The van der Waals surface area contributed by atoms with Crippen LogP contribution in [0.4, 0.5) is 0 Å². The van der Waals surface area contributed by atoms with E-state index in [0.717, 1.165) is 39.0 Å². The molecule has 0 bridgehead atoms. The third-order valence-corrected chi connectivity index (χ3v) is 7.40. The van der Waals surface area contributed by atoms with Gasteiger partial charge in [-0.1, -0.05) is 54.1 Å². The number of nitrogens with one attached hydrogen (secondary N) is 1. The van der Waals surface area contributed by atoms with Crippen molar-refractivity contribution in [2.24, 2.45) is 0 Å². The highest BCUT2D eigenvalue weighted by atomic mass is 35.5. The quantitative estimate of drug-likeness (QED) is 0.433. The molecule has 0 saturated heterocycles. The second-order valence-corrected chi connectivity index (χ2v) is 10.4. The minimum absolute atomic E-state index is 0.419. The van der Waals surface area contributed by atoms with Crippen LogP contribution in [-0.2, 0) is 23.1 Å². The lowest BCUT2D eigenvalue weighted by Gasteiger charge is -2.34. The molecular formula is C25H23ClN2O3S. The number of sulfonamides is 1. The molecule has 1 N–H and O–H groups in total. The fourth-order valence-corrected chi connectivity index (χ4v) is 5.62. The molecule has 1 unspecified atom stereocenters. The van der Waals surface area contributed by atoms with Gasteiger partial charge in [0.15, 0.2) is 0 Å². The molecule has 5 nitrogen and oxygen atoms in total. The minimum Gasteiger partial charge on any atom is -0.489 e. The maximum absolute atomic E-state index is 12.6. The lowest BCUT2D eigenvalue weighted by molar-refractivity contribution is 0.305. The summed E-state index contributed by atoms with van der Waals surface area (Å²) in [5, 5.41) is 1.72. The second-order valence-electron chi connectivity index (χ2n) is 8.08. The van der Waals surface area contributed by atoms with E-state index in [1.807, 2.05) is 72.8 Å². The smallest absolute Gasteiger partial charge is 0.212 e. The van der Waals surface area contributed by atoms with Crippen molar-refractivity contribution in [3.8, 4) is 5.75 Å². The van der Waals surface area contributed by atoms with Gasteiger partial charge in [-0.25, -0.2) is 8.42 Å². The van der Waals surface area contributed by atoms with Crippen molar-refractivity contribution in [2.45, 2.75) is 19.1 Å². The third kappa shape index (κ3) is 4.01. The fourth-order valence-electron chi connectivity index (χ4n) is 4.42. The SMILES string of the molecule is CS(=O)(=O)N1CCc2c([nH]c3ccc(Cl)cc23)C1c1ccc(OCc2ccccc2)cc1. The molecule has 0 radical (unpaired) electrons. The van der Waals surface area contributed by atoms with Crippen LogP contribution in [0.5, 0.6) is 5.75 Å². The Morgan fingerprint density at radius 3 is 2.53 bits per heavy atom. The minimum atomic E-state index is -3.41. The molecule has 5 rings (SSSR count). The third-order valence-electron chi connectivity index (χ3n) is 5.91. The van der Waals surface area contributed by atoms with Gasteiger partial charge in [-0.15, -0.1) is 0 Å². The Morgan fingerprint density at radius 1 is 1.06 bits per heavy atom. The summed E-state index contributed by atoms with van der Waals surface area (Å²) in [5.74, 6) is 0.739. The summed E-state index contributed by atoms with van der Waals surface area (Å²) < 4.78 is 32.7. The molecule has 164 valence electrons. The second kappa shape index (κ2) is 8.28. The maximum Gasteiger partial charge on any atom is 0.212 e. The average Bonchev–Trinajstić information content (AvgIpc) is 3.15. The van der Waals surface area contributed by atoms with Gasteiger partial charge in [-0.3, -0.25) is 0 Å². The maximum atomic E-state index is 12.6. The average molecular weight is 467 g/mol. The van der Waals surface area contributed by atoms with Gasteiger partial charge in [0.2, 0.25) is 10.0 Å². The number of benzene rings is 3. The van der Waals surface area contributed by atoms with E-state index in [4.69, 9.17) is 16.3 Å². The van der Waals surface area contributed by atoms with Gasteiger partial charge in [-0.2, -0.15) is 4.31 Å². The normalized spacial score (nSPS) is 16.8. The summed E-state index contributed by atoms with van der Waals surface area (Å²) in [6.07, 6.45) is 1.90. The van der Waals surface area contributed by atoms with Gasteiger partial charge in [0.1, 0.15) is 12.4 Å². The van der Waals surface area contributed by atoms with Gasteiger partial charge in [0, 0.05) is 28.2 Å². The largest absolute Gasteiger partial charge is 0.489 e. The zero-order valence-electron chi connectivity index (χ0n) is 17.6. The van der Waals surface area contributed by atoms with Crippen LogP contribution in [0.15, 0.2) is 72.8 Å². The van der Waals surface area contributed by atoms with E-state index in [0.29, 0.717) is 24.6 Å². The van der Waals surface area contributed by atoms with E-state index in [9.17, 15) is 8.42 Å². The van der Waals surface area contributed by atoms with Crippen molar-refractivity contribution >= 4 is 32.5 Å². The van der Waals surface area contributed by atoms with Gasteiger partial charge >= 0.3 is 0 Å². The summed E-state index contributed by atoms with van der Waals surface area (Å²) in [4.78, 5) is 3.46. The van der Waals surface area contributed by atoms with Gasteiger partial charge in [0.25, 0.3) is 0 Å². The van der Waals surface area contributed by atoms with E-state index < -0.39 is 16.1 Å². The van der Waals surface area contributed by atoms with Gasteiger partial charge in [-0.05, 0) is 53.4 Å². The van der Waals surface area contributed by atoms with E-state index in [2.05, 4.69) is 4.98 Å². The molecule has 2 heterocycles. The Bertz CT molecular complexity index is 1370. The highest BCUT2D eigenvalue weighted by Crippen LogP contribution is 2.40. The summed E-state index contributed by atoms with van der Waals surface area (Å²) in [6, 6.07) is 22.9. The molecule has 1 aliphatic heterocycles. The van der Waals surface area contributed by atoms with Crippen molar-refractivity contribution in [1.29, 1.82) is 0 Å². The van der Waals surface area contributed by atoms with Crippen LogP contribution in [0.1, 0.15) is 28.4 Å². The Morgan fingerprint density at radius 2 is 1.81 bits per heavy atom. The molecule has 1 aliphatic rings. The zero-order valence-corrected chi connectivity index (χ0v) is 19.2. The highest BCUT2D eigenvalue weighted by Gasteiger charge is 2.36. The molecule has 0 amide bonds. The first-order valence-electron chi connectivity index (χ1n) is 10.4. The van der Waals surface area contributed by atoms with Crippen LogP contribution in [0.25, 0.3) is 10.9 Å². The number of hydrogen-bond donors (Lipinski definition) is 1. The van der Waals surface area contributed by atoms with E-state index in [1.165, 1.54) is 6.26 Å². The molecule has 0 aliphatic carbocycles. The first-order chi connectivity index (χ1) is 15.4. The number of ether oxygens (including phenoxy) is 1. The van der Waals surface area contributed by atoms with Crippen LogP contribution in [-0.4, -0.2) is 30.5 Å². The van der Waals surface area contributed by atoms with Crippen molar-refractivity contribution < 1.29 is 13.2 Å². The van der Waals surface area contributed by atoms with Crippen LogP contribution in [0, 0.1) is 0 Å². The predicted molar refractivity (Wildman–Crippen MR) is 128 cm³/mol. The Labute approximate surface area is 192 Å². The molecule has 1 atom stereocenters. The number of rotatable bonds is 5. The topological polar surface area (TPSA) is 62.4 Å². The summed E-state index contributed by atoms with van der Waals surface area (Å²) in [6.45, 7) is 0.897. The predicted octanol–water partition coefficient (Wildman–Crippen LogP) is 5.31. The van der Waals surface area contributed by atoms with E-state index >= 15 is 0 Å². The van der Waals surface area contributed by atoms with Crippen molar-refractivity contribution in [1.82, 2.24) is 9.29 Å². The Balaban J connectivity index is 1.50. The molecule has 0 saturated carbocycles. The van der Waals surface area contributed by atoms with Crippen LogP contribution in [0.3, 0.4) is 0 Å². The van der Waals surface area contributed by atoms with E-state index in [-0.39, 0.29) is 0 Å². The fraction of sp³-hybridized carbons (Fsp3) is 0.200. The highest BCUT2D eigenvalue weighted by molar-refractivity contribution is 7.88. The lowest BCUT2D eigenvalue weighted by atomic mass is 9.94. The number of aromatic nitrogens is 1. The number of hydrogen-bond acceptors (Lipinski definition) is 3. The monoisotopic (exact) mass is 466 g/mol. The van der Waals surface area contributed by atoms with Crippen LogP contribution < -0.4 is 4.74 Å². The first-order valence-corrected chi connectivity index (χ1v) is 12.7. The lowest BCUT2D eigenvalue weighted by Crippen LogP contribution is -2.39. The summed E-state index contributed by atoms with van der Waals surface area (Å²) >= 11 is 6.23. The number of aromatic amines is 1. The van der Waals surface area contributed by atoms with Crippen LogP contribution in [0.2, 0.25) is 5.02 Å². The first kappa shape index (κ1) is 21.1. The molecule has 0 fully saturated rings. The van der Waals surface area contributed by atoms with E-state index in [1.54, 1.807) is 4.31 Å². The molecular weight excluding hydrogens is 444 g/mol. The van der Waals surface area contributed by atoms with Crippen molar-refractivity contribution in [3.05, 3.63) is 100 Å². The van der Waals surface area contributed by atoms with Gasteiger partial charge < -0.3 is 9.72 Å². The Kier molecular flexibility index (Phi) is 5.45. The zero-order chi connectivity index (χ0) is 22.3. The van der Waals surface area contributed by atoms with Crippen LogP contribution >= 0.6 is 11.6 Å².